The van der Waals surface area contributed by atoms with Crippen molar-refractivity contribution in [3.05, 3.63) is 0 Å². The molecule has 0 aromatic rings. The lowest BCUT2D eigenvalue weighted by Crippen LogP contribution is -2.33. The van der Waals surface area contributed by atoms with Gasteiger partial charge in [-0.25, -0.2) is 5.48 Å². The number of nitrogens with one attached hydrogen (secondary N) is 1. The van der Waals surface area contributed by atoms with Crippen LogP contribution in [0.3, 0.4) is 0 Å². The predicted molar refractivity (Wildman–Crippen MR) is 53.8 cm³/mol. The molecule has 0 spiro atoms. The van der Waals surface area contributed by atoms with Crippen molar-refractivity contribution in [3.63, 3.8) is 0 Å². The Labute approximate surface area is 83.2 Å². The molecule has 13 heavy (non-hydrogen) atoms. The van der Waals surface area contributed by atoms with E-state index in [0.29, 0.717) is 5.92 Å². The normalized spacial score (nSPS) is 27.5. The fraction of sp³-hybridized carbons (Fsp3) is 0.889. The van der Waals surface area contributed by atoms with Crippen LogP contribution in [0.1, 0.15) is 32.6 Å². The second kappa shape index (κ2) is 5.50. The molecule has 2 N–H and O–H groups in total. The van der Waals surface area contributed by atoms with Gasteiger partial charge in [0, 0.05) is 0 Å². The van der Waals surface area contributed by atoms with Crippen molar-refractivity contribution in [3.8, 4) is 0 Å². The molecular weight excluding hydrogens is 186 g/mol. The molecule has 4 heteroatoms. The molecule has 2 atom stereocenters. The van der Waals surface area contributed by atoms with Crippen molar-refractivity contribution < 1.29 is 10.0 Å². The van der Waals surface area contributed by atoms with Gasteiger partial charge in [0.05, 0.1) is 5.25 Å². The summed E-state index contributed by atoms with van der Waals surface area (Å²) in [6.07, 6.45) is 4.58. The van der Waals surface area contributed by atoms with E-state index in [1.165, 1.54) is 12.8 Å². The van der Waals surface area contributed by atoms with E-state index >= 15 is 0 Å². The summed E-state index contributed by atoms with van der Waals surface area (Å²) in [5, 5.41) is 8.51. The molecule has 0 bridgehead atoms. The molecule has 0 radical (unpaired) electrons. The Kier molecular flexibility index (Phi) is 4.59. The van der Waals surface area contributed by atoms with Crippen molar-refractivity contribution in [2.24, 2.45) is 5.92 Å². The van der Waals surface area contributed by atoms with Gasteiger partial charge in [-0.3, -0.25) is 10.0 Å². The van der Waals surface area contributed by atoms with Crippen molar-refractivity contribution >= 4 is 17.7 Å². The average molecular weight is 203 g/mol. The number of carbonyl (C=O) groups is 1. The molecule has 1 heterocycles. The first-order chi connectivity index (χ1) is 6.29. The minimum atomic E-state index is -0.219. The monoisotopic (exact) mass is 203 g/mol. The van der Waals surface area contributed by atoms with Gasteiger partial charge in [0.1, 0.15) is 0 Å². The molecule has 1 aliphatic rings. The Morgan fingerprint density at radius 3 is 3.08 bits per heavy atom. The van der Waals surface area contributed by atoms with Gasteiger partial charge in [0.25, 0.3) is 5.91 Å². The van der Waals surface area contributed by atoms with E-state index in [4.69, 9.17) is 5.21 Å². The SMILES string of the molecule is CCCCC1CCSC1C(=O)NO. The third-order valence-electron chi connectivity index (χ3n) is 2.51. The minimum absolute atomic E-state index is 0.0171. The van der Waals surface area contributed by atoms with Crippen LogP contribution in [0.15, 0.2) is 0 Å². The van der Waals surface area contributed by atoms with E-state index in [9.17, 15) is 4.79 Å². The first-order valence-corrected chi connectivity index (χ1v) is 5.90. The zero-order valence-electron chi connectivity index (χ0n) is 7.95. The van der Waals surface area contributed by atoms with Crippen LogP contribution < -0.4 is 5.48 Å². The molecule has 0 saturated carbocycles. The van der Waals surface area contributed by atoms with Crippen LogP contribution in [0.25, 0.3) is 0 Å². The van der Waals surface area contributed by atoms with Crippen molar-refractivity contribution in [2.45, 2.75) is 37.9 Å². The summed E-state index contributed by atoms with van der Waals surface area (Å²) in [5.74, 6) is 1.30. The third-order valence-corrected chi connectivity index (χ3v) is 3.94. The fourth-order valence-corrected chi connectivity index (χ4v) is 3.19. The van der Waals surface area contributed by atoms with Crippen LogP contribution in [0, 0.1) is 5.92 Å². The fourth-order valence-electron chi connectivity index (χ4n) is 1.75. The van der Waals surface area contributed by atoms with Crippen LogP contribution in [-0.2, 0) is 4.79 Å². The summed E-state index contributed by atoms with van der Waals surface area (Å²) >= 11 is 1.66. The van der Waals surface area contributed by atoms with Crippen LogP contribution in [0.5, 0.6) is 0 Å². The van der Waals surface area contributed by atoms with Crippen LogP contribution in [0.4, 0.5) is 0 Å². The first kappa shape index (κ1) is 10.9. The Hall–Kier alpha value is -0.220. The highest BCUT2D eigenvalue weighted by Gasteiger charge is 2.32. The lowest BCUT2D eigenvalue weighted by atomic mass is 9.95. The van der Waals surface area contributed by atoms with Crippen molar-refractivity contribution in [2.75, 3.05) is 5.75 Å². The summed E-state index contributed by atoms with van der Waals surface area (Å²) < 4.78 is 0. The summed E-state index contributed by atoms with van der Waals surface area (Å²) in [6, 6.07) is 0. The van der Waals surface area contributed by atoms with Gasteiger partial charge in [-0.15, -0.1) is 11.8 Å². The molecule has 1 rings (SSSR count). The zero-order valence-corrected chi connectivity index (χ0v) is 8.77. The van der Waals surface area contributed by atoms with E-state index in [0.717, 1.165) is 18.6 Å². The Balaban J connectivity index is 2.39. The second-order valence-electron chi connectivity index (χ2n) is 3.46. The first-order valence-electron chi connectivity index (χ1n) is 4.85. The van der Waals surface area contributed by atoms with Gasteiger partial charge in [-0.1, -0.05) is 19.8 Å². The Morgan fingerprint density at radius 1 is 1.69 bits per heavy atom. The Morgan fingerprint density at radius 2 is 2.46 bits per heavy atom. The molecule has 76 valence electrons. The van der Waals surface area contributed by atoms with Gasteiger partial charge < -0.3 is 0 Å². The molecule has 0 aromatic heterocycles. The maximum absolute atomic E-state index is 11.2. The maximum atomic E-state index is 11.2. The van der Waals surface area contributed by atoms with Gasteiger partial charge in [0.15, 0.2) is 0 Å². The van der Waals surface area contributed by atoms with Gasteiger partial charge in [0.2, 0.25) is 0 Å². The highest BCUT2D eigenvalue weighted by Crippen LogP contribution is 2.35. The molecule has 1 saturated heterocycles. The number of hydrogen-bond donors (Lipinski definition) is 2. The number of hydrogen-bond acceptors (Lipinski definition) is 3. The number of amides is 1. The van der Waals surface area contributed by atoms with Crippen molar-refractivity contribution in [1.82, 2.24) is 5.48 Å². The van der Waals surface area contributed by atoms with E-state index in [2.05, 4.69) is 6.92 Å². The molecule has 1 fully saturated rings. The van der Waals surface area contributed by atoms with Gasteiger partial charge in [-0.05, 0) is 24.5 Å². The molecular formula is C9H17NO2S. The summed E-state index contributed by atoms with van der Waals surface area (Å²) in [7, 11) is 0. The lowest BCUT2D eigenvalue weighted by Gasteiger charge is -2.15. The predicted octanol–water partition coefficient (Wildman–Crippen LogP) is 1.80. The number of carbonyl (C=O) groups excluding carboxylic acids is 1. The smallest absolute Gasteiger partial charge is 0.256 e. The van der Waals surface area contributed by atoms with Crippen LogP contribution >= 0.6 is 11.8 Å². The molecule has 3 nitrogen and oxygen atoms in total. The van der Waals surface area contributed by atoms with Gasteiger partial charge >= 0.3 is 0 Å². The average Bonchev–Trinajstić information content (AvgIpc) is 2.61. The summed E-state index contributed by atoms with van der Waals surface area (Å²) in [4.78, 5) is 11.2. The van der Waals surface area contributed by atoms with Crippen molar-refractivity contribution in [1.29, 1.82) is 0 Å². The zero-order chi connectivity index (χ0) is 9.68. The quantitative estimate of drug-likeness (QED) is 0.541. The molecule has 0 aliphatic carbocycles. The highest BCUT2D eigenvalue weighted by atomic mass is 32.2. The molecule has 0 aromatic carbocycles. The second-order valence-corrected chi connectivity index (χ2v) is 4.71. The van der Waals surface area contributed by atoms with Gasteiger partial charge in [-0.2, -0.15) is 0 Å². The minimum Gasteiger partial charge on any atom is -0.289 e. The number of hydroxylamine groups is 1. The molecule has 1 aliphatic heterocycles. The van der Waals surface area contributed by atoms with E-state index < -0.39 is 0 Å². The topological polar surface area (TPSA) is 49.3 Å². The number of unbranched alkanes of at least 4 members (excludes halogenated alkanes) is 1. The molecule has 1 amide bonds. The number of thioether (sulfide) groups is 1. The standard InChI is InChI=1S/C9H17NO2S/c1-2-3-4-7-5-6-13-8(7)9(11)10-12/h7-8,12H,2-6H2,1H3,(H,10,11). The van der Waals surface area contributed by atoms with Crippen LogP contribution in [-0.4, -0.2) is 22.1 Å². The highest BCUT2D eigenvalue weighted by molar-refractivity contribution is 8.00. The summed E-state index contributed by atoms with van der Waals surface area (Å²) in [6.45, 7) is 2.16. The summed E-state index contributed by atoms with van der Waals surface area (Å²) in [5.41, 5.74) is 1.75. The third kappa shape index (κ3) is 2.88. The molecule has 2 unspecified atom stereocenters. The van der Waals surface area contributed by atoms with Crippen LogP contribution in [0.2, 0.25) is 0 Å². The Bertz CT molecular complexity index is 175. The van der Waals surface area contributed by atoms with E-state index in [1.54, 1.807) is 17.2 Å². The number of rotatable bonds is 4. The van der Waals surface area contributed by atoms with E-state index in [-0.39, 0.29) is 11.2 Å². The maximum Gasteiger partial charge on any atom is 0.256 e. The van der Waals surface area contributed by atoms with E-state index in [1.807, 2.05) is 0 Å². The lowest BCUT2D eigenvalue weighted by molar-refractivity contribution is -0.129. The largest absolute Gasteiger partial charge is 0.289 e.